The molecule has 0 saturated carbocycles. The molecule has 4 aromatic rings. The van der Waals surface area contributed by atoms with Crippen LogP contribution < -0.4 is 0 Å². The molecular weight excluding hydrogens is 396 g/mol. The zero-order valence-corrected chi connectivity index (χ0v) is 17.3. The Balaban J connectivity index is 1.34. The molecule has 1 atom stereocenters. The lowest BCUT2D eigenvalue weighted by Gasteiger charge is -2.31. The quantitative estimate of drug-likeness (QED) is 0.501. The Hall–Kier alpha value is -3.59. The van der Waals surface area contributed by atoms with E-state index in [9.17, 15) is 4.79 Å². The van der Waals surface area contributed by atoms with Gasteiger partial charge in [0.15, 0.2) is 6.10 Å². The predicted octanol–water partition coefficient (Wildman–Crippen LogP) is 3.28. The smallest absolute Gasteiger partial charge is 0.257 e. The molecule has 5 rings (SSSR count). The van der Waals surface area contributed by atoms with Crippen LogP contribution in [0.5, 0.6) is 0 Å². The number of amides is 1. The maximum Gasteiger partial charge on any atom is 0.257 e. The summed E-state index contributed by atoms with van der Waals surface area (Å²) in [6, 6.07) is 9.61. The second-order valence-corrected chi connectivity index (χ2v) is 7.76. The van der Waals surface area contributed by atoms with E-state index in [1.165, 1.54) is 0 Å². The van der Waals surface area contributed by atoms with Crippen LogP contribution in [0, 0.1) is 0 Å². The number of fused-ring (bicyclic) bond motifs is 1. The van der Waals surface area contributed by atoms with E-state index in [1.807, 2.05) is 36.7 Å². The number of aromatic nitrogens is 5. The molecule has 31 heavy (non-hydrogen) atoms. The first kappa shape index (κ1) is 19.4. The van der Waals surface area contributed by atoms with E-state index in [2.05, 4.69) is 38.5 Å². The fourth-order valence-electron chi connectivity index (χ4n) is 3.72. The number of rotatable bonds is 4. The number of carbonyl (C=O) groups excluding carboxylic acids is 1. The van der Waals surface area contributed by atoms with E-state index in [1.54, 1.807) is 17.3 Å². The maximum atomic E-state index is 13.1. The summed E-state index contributed by atoms with van der Waals surface area (Å²) < 4.78 is 13.3. The van der Waals surface area contributed by atoms with Gasteiger partial charge in [-0.15, -0.1) is 0 Å². The fourth-order valence-corrected chi connectivity index (χ4v) is 3.72. The SMILES string of the molecule is CC(C)n1cnc2cc(C(=O)N3CCOC(c4nc(-c5cccnc5)no4)C3)ccc21. The van der Waals surface area contributed by atoms with Crippen molar-refractivity contribution in [2.45, 2.75) is 26.0 Å². The molecule has 4 heterocycles. The molecule has 1 aromatic carbocycles. The van der Waals surface area contributed by atoms with Crippen molar-refractivity contribution in [3.8, 4) is 11.4 Å². The van der Waals surface area contributed by atoms with Gasteiger partial charge in [0.1, 0.15) is 0 Å². The molecule has 158 valence electrons. The van der Waals surface area contributed by atoms with Crippen molar-refractivity contribution < 1.29 is 14.1 Å². The van der Waals surface area contributed by atoms with Gasteiger partial charge in [0.2, 0.25) is 5.82 Å². The number of benzene rings is 1. The van der Waals surface area contributed by atoms with E-state index in [-0.39, 0.29) is 5.91 Å². The fraction of sp³-hybridized carbons (Fsp3) is 0.318. The van der Waals surface area contributed by atoms with E-state index < -0.39 is 6.10 Å². The summed E-state index contributed by atoms with van der Waals surface area (Å²) in [6.07, 6.45) is 4.69. The average molecular weight is 418 g/mol. The van der Waals surface area contributed by atoms with E-state index in [0.29, 0.717) is 43.0 Å². The van der Waals surface area contributed by atoms with Gasteiger partial charge < -0.3 is 18.7 Å². The third-order valence-electron chi connectivity index (χ3n) is 5.37. The van der Waals surface area contributed by atoms with Crippen molar-refractivity contribution in [1.82, 2.24) is 29.6 Å². The van der Waals surface area contributed by atoms with Gasteiger partial charge in [-0.25, -0.2) is 4.98 Å². The normalized spacial score (nSPS) is 16.9. The Labute approximate surface area is 178 Å². The number of morpholine rings is 1. The molecule has 1 fully saturated rings. The molecule has 3 aromatic heterocycles. The van der Waals surface area contributed by atoms with Crippen LogP contribution in [0.2, 0.25) is 0 Å². The van der Waals surface area contributed by atoms with Crippen molar-refractivity contribution >= 4 is 16.9 Å². The van der Waals surface area contributed by atoms with Crippen LogP contribution in [-0.4, -0.2) is 55.2 Å². The molecular formula is C22H22N6O3. The molecule has 0 radical (unpaired) electrons. The van der Waals surface area contributed by atoms with E-state index in [4.69, 9.17) is 9.26 Å². The minimum absolute atomic E-state index is 0.0682. The second-order valence-electron chi connectivity index (χ2n) is 7.76. The Kier molecular flexibility index (Phi) is 4.95. The zero-order valence-electron chi connectivity index (χ0n) is 17.3. The number of hydrogen-bond donors (Lipinski definition) is 0. The molecule has 9 nitrogen and oxygen atoms in total. The number of ether oxygens (including phenoxy) is 1. The summed E-state index contributed by atoms with van der Waals surface area (Å²) in [5, 5.41) is 4.02. The molecule has 1 aliphatic rings. The van der Waals surface area contributed by atoms with Crippen molar-refractivity contribution in [3.63, 3.8) is 0 Å². The number of carbonyl (C=O) groups is 1. The van der Waals surface area contributed by atoms with Crippen molar-refractivity contribution in [3.05, 3.63) is 60.5 Å². The van der Waals surface area contributed by atoms with Gasteiger partial charge in [0.25, 0.3) is 11.8 Å². The summed E-state index contributed by atoms with van der Waals surface area (Å²) in [4.78, 5) is 27.9. The van der Waals surface area contributed by atoms with Crippen LogP contribution in [0.25, 0.3) is 22.4 Å². The Morgan fingerprint density at radius 3 is 2.97 bits per heavy atom. The first-order valence-electron chi connectivity index (χ1n) is 10.2. The number of imidazole rings is 1. The van der Waals surface area contributed by atoms with Crippen molar-refractivity contribution in [2.24, 2.45) is 0 Å². The molecule has 1 saturated heterocycles. The molecule has 1 aliphatic heterocycles. The summed E-state index contributed by atoms with van der Waals surface area (Å²) in [6.45, 7) is 5.44. The van der Waals surface area contributed by atoms with Crippen LogP contribution in [0.3, 0.4) is 0 Å². The van der Waals surface area contributed by atoms with Crippen molar-refractivity contribution in [1.29, 1.82) is 0 Å². The van der Waals surface area contributed by atoms with Crippen LogP contribution in [0.1, 0.15) is 42.2 Å². The summed E-state index contributed by atoms with van der Waals surface area (Å²) in [5.74, 6) is 0.727. The highest BCUT2D eigenvalue weighted by atomic mass is 16.5. The van der Waals surface area contributed by atoms with Crippen LogP contribution >= 0.6 is 0 Å². The van der Waals surface area contributed by atoms with Gasteiger partial charge in [0.05, 0.1) is 30.5 Å². The first-order chi connectivity index (χ1) is 15.1. The molecule has 1 unspecified atom stereocenters. The highest BCUT2D eigenvalue weighted by Crippen LogP contribution is 2.25. The first-order valence-corrected chi connectivity index (χ1v) is 10.2. The maximum absolute atomic E-state index is 13.1. The third-order valence-corrected chi connectivity index (χ3v) is 5.37. The number of pyridine rings is 1. The van der Waals surface area contributed by atoms with Gasteiger partial charge in [-0.2, -0.15) is 4.98 Å². The molecule has 0 N–H and O–H groups in total. The number of hydrogen-bond acceptors (Lipinski definition) is 7. The lowest BCUT2D eigenvalue weighted by atomic mass is 10.1. The van der Waals surface area contributed by atoms with Crippen LogP contribution in [-0.2, 0) is 4.74 Å². The lowest BCUT2D eigenvalue weighted by Crippen LogP contribution is -2.42. The molecule has 1 amide bonds. The standard InChI is InChI=1S/C22H22N6O3/c1-14(2)28-13-24-17-10-15(5-6-18(17)28)22(29)27-8-9-30-19(12-27)21-25-20(26-31-21)16-4-3-7-23-11-16/h3-7,10-11,13-14,19H,8-9,12H2,1-2H3. The second kappa shape index (κ2) is 7.92. The minimum Gasteiger partial charge on any atom is -0.365 e. The highest BCUT2D eigenvalue weighted by Gasteiger charge is 2.30. The third kappa shape index (κ3) is 3.68. The Morgan fingerprint density at radius 2 is 2.16 bits per heavy atom. The van der Waals surface area contributed by atoms with E-state index >= 15 is 0 Å². The summed E-state index contributed by atoms with van der Waals surface area (Å²) >= 11 is 0. The number of nitrogens with zero attached hydrogens (tertiary/aromatic N) is 6. The topological polar surface area (TPSA) is 99.2 Å². The van der Waals surface area contributed by atoms with Gasteiger partial charge in [0, 0.05) is 36.1 Å². The largest absolute Gasteiger partial charge is 0.365 e. The Morgan fingerprint density at radius 1 is 1.26 bits per heavy atom. The summed E-state index contributed by atoms with van der Waals surface area (Å²) in [5.41, 5.74) is 3.18. The predicted molar refractivity (Wildman–Crippen MR) is 112 cm³/mol. The lowest BCUT2D eigenvalue weighted by molar-refractivity contribution is -0.0367. The average Bonchev–Trinajstić information content (AvgIpc) is 3.46. The molecule has 0 spiro atoms. The van der Waals surface area contributed by atoms with Crippen molar-refractivity contribution in [2.75, 3.05) is 19.7 Å². The summed E-state index contributed by atoms with van der Waals surface area (Å²) in [7, 11) is 0. The highest BCUT2D eigenvalue weighted by molar-refractivity contribution is 5.97. The zero-order chi connectivity index (χ0) is 21.4. The van der Waals surface area contributed by atoms with Crippen LogP contribution in [0.4, 0.5) is 0 Å². The molecule has 9 heteroatoms. The van der Waals surface area contributed by atoms with Gasteiger partial charge in [-0.1, -0.05) is 5.16 Å². The van der Waals surface area contributed by atoms with Gasteiger partial charge in [-0.3, -0.25) is 9.78 Å². The van der Waals surface area contributed by atoms with Crippen LogP contribution in [0.15, 0.2) is 53.6 Å². The molecule has 0 bridgehead atoms. The molecule has 0 aliphatic carbocycles. The minimum atomic E-state index is -0.473. The Bertz CT molecular complexity index is 1220. The van der Waals surface area contributed by atoms with Gasteiger partial charge in [-0.05, 0) is 44.2 Å². The van der Waals surface area contributed by atoms with Gasteiger partial charge >= 0.3 is 0 Å². The van der Waals surface area contributed by atoms with E-state index in [0.717, 1.165) is 16.6 Å². The monoisotopic (exact) mass is 418 g/mol.